The molecule has 0 N–H and O–H groups in total. The standard InChI is InChI=1S/C23H28N2O2/c1-18-6-5-9-20(14-18)23(26)24-16-22(17-24)25(21-10-12-27-13-11-21)15-19-7-3-2-4-8-19/h2-9,14,21-22H,10-13,15-17H2,1H3. The molecular formula is C23H28N2O2. The lowest BCUT2D eigenvalue weighted by Gasteiger charge is -2.49. The molecule has 27 heavy (non-hydrogen) atoms. The number of nitrogens with zero attached hydrogens (tertiary/aromatic N) is 2. The molecule has 0 atom stereocenters. The van der Waals surface area contributed by atoms with Gasteiger partial charge in [0.25, 0.3) is 5.91 Å². The topological polar surface area (TPSA) is 32.8 Å². The second-order valence-corrected chi connectivity index (χ2v) is 7.73. The van der Waals surface area contributed by atoms with Crippen molar-refractivity contribution in [3.63, 3.8) is 0 Å². The van der Waals surface area contributed by atoms with E-state index in [0.717, 1.165) is 56.8 Å². The number of carbonyl (C=O) groups excluding carboxylic acids is 1. The fourth-order valence-electron chi connectivity index (χ4n) is 4.16. The number of carbonyl (C=O) groups is 1. The summed E-state index contributed by atoms with van der Waals surface area (Å²) in [6.45, 7) is 6.29. The van der Waals surface area contributed by atoms with E-state index in [9.17, 15) is 4.79 Å². The van der Waals surface area contributed by atoms with Gasteiger partial charge in [0.05, 0.1) is 0 Å². The van der Waals surface area contributed by atoms with Gasteiger partial charge in [-0.15, -0.1) is 0 Å². The van der Waals surface area contributed by atoms with Gasteiger partial charge in [-0.3, -0.25) is 9.69 Å². The van der Waals surface area contributed by atoms with Gasteiger partial charge in [-0.05, 0) is 37.5 Å². The number of rotatable bonds is 5. The van der Waals surface area contributed by atoms with Gasteiger partial charge in [-0.25, -0.2) is 0 Å². The molecule has 2 saturated heterocycles. The van der Waals surface area contributed by atoms with E-state index in [2.05, 4.69) is 35.2 Å². The Morgan fingerprint density at radius 2 is 1.78 bits per heavy atom. The molecule has 2 aliphatic rings. The molecule has 2 heterocycles. The van der Waals surface area contributed by atoms with Gasteiger partial charge in [-0.1, -0.05) is 48.0 Å². The number of likely N-dealkylation sites (tertiary alicyclic amines) is 1. The number of hydrogen-bond acceptors (Lipinski definition) is 3. The van der Waals surface area contributed by atoms with Crippen LogP contribution in [-0.2, 0) is 11.3 Å². The van der Waals surface area contributed by atoms with Crippen LogP contribution in [0.1, 0.15) is 34.3 Å². The van der Waals surface area contributed by atoms with Crippen LogP contribution in [0.15, 0.2) is 54.6 Å². The summed E-state index contributed by atoms with van der Waals surface area (Å²) >= 11 is 0. The smallest absolute Gasteiger partial charge is 0.253 e. The maximum absolute atomic E-state index is 12.8. The molecule has 2 fully saturated rings. The third-order valence-electron chi connectivity index (χ3n) is 5.75. The van der Waals surface area contributed by atoms with Crippen molar-refractivity contribution in [1.29, 1.82) is 0 Å². The van der Waals surface area contributed by atoms with Crippen LogP contribution in [0.25, 0.3) is 0 Å². The molecule has 0 unspecified atom stereocenters. The molecule has 0 spiro atoms. The van der Waals surface area contributed by atoms with Crippen LogP contribution >= 0.6 is 0 Å². The van der Waals surface area contributed by atoms with Gasteiger partial charge in [0.1, 0.15) is 0 Å². The molecule has 2 aromatic carbocycles. The Morgan fingerprint density at radius 3 is 2.48 bits per heavy atom. The van der Waals surface area contributed by atoms with E-state index < -0.39 is 0 Å². The Hall–Kier alpha value is -2.17. The lowest BCUT2D eigenvalue weighted by atomic mass is 9.97. The van der Waals surface area contributed by atoms with Gasteiger partial charge >= 0.3 is 0 Å². The molecule has 0 saturated carbocycles. The summed E-state index contributed by atoms with van der Waals surface area (Å²) in [6.07, 6.45) is 2.16. The SMILES string of the molecule is Cc1cccc(C(=O)N2CC(N(Cc3ccccc3)C3CCOCC3)C2)c1. The Morgan fingerprint density at radius 1 is 1.04 bits per heavy atom. The Kier molecular flexibility index (Phi) is 5.55. The van der Waals surface area contributed by atoms with Crippen molar-refractivity contribution in [2.75, 3.05) is 26.3 Å². The summed E-state index contributed by atoms with van der Waals surface area (Å²) < 4.78 is 5.57. The third-order valence-corrected chi connectivity index (χ3v) is 5.75. The minimum Gasteiger partial charge on any atom is -0.381 e. The predicted octanol–water partition coefficient (Wildman–Crippen LogP) is 3.50. The first-order valence-electron chi connectivity index (χ1n) is 9.94. The van der Waals surface area contributed by atoms with Crippen molar-refractivity contribution in [1.82, 2.24) is 9.80 Å². The Labute approximate surface area is 161 Å². The zero-order valence-electron chi connectivity index (χ0n) is 16.0. The highest BCUT2D eigenvalue weighted by Crippen LogP contribution is 2.26. The minimum atomic E-state index is 0.154. The van der Waals surface area contributed by atoms with E-state index in [-0.39, 0.29) is 5.91 Å². The summed E-state index contributed by atoms with van der Waals surface area (Å²) in [5, 5.41) is 0. The molecule has 0 radical (unpaired) electrons. The van der Waals surface area contributed by atoms with Crippen molar-refractivity contribution in [3.8, 4) is 0 Å². The van der Waals surface area contributed by atoms with Crippen LogP contribution < -0.4 is 0 Å². The molecule has 2 aliphatic heterocycles. The predicted molar refractivity (Wildman–Crippen MR) is 107 cm³/mol. The molecule has 4 nitrogen and oxygen atoms in total. The van der Waals surface area contributed by atoms with Crippen molar-refractivity contribution < 1.29 is 9.53 Å². The number of aryl methyl sites for hydroxylation is 1. The molecule has 142 valence electrons. The van der Waals surface area contributed by atoms with E-state index >= 15 is 0 Å². The first kappa shape index (κ1) is 18.2. The second kappa shape index (κ2) is 8.24. The summed E-state index contributed by atoms with van der Waals surface area (Å²) in [5.41, 5.74) is 3.27. The number of ether oxygens (including phenoxy) is 1. The van der Waals surface area contributed by atoms with Gasteiger partial charge < -0.3 is 9.64 Å². The highest BCUT2D eigenvalue weighted by Gasteiger charge is 2.38. The van der Waals surface area contributed by atoms with Crippen molar-refractivity contribution in [2.24, 2.45) is 0 Å². The van der Waals surface area contributed by atoms with Crippen LogP contribution in [0.5, 0.6) is 0 Å². The summed E-state index contributed by atoms with van der Waals surface area (Å²) in [4.78, 5) is 17.4. The van der Waals surface area contributed by atoms with E-state index in [1.807, 2.05) is 36.1 Å². The molecule has 0 aromatic heterocycles. The summed E-state index contributed by atoms with van der Waals surface area (Å²) in [6, 6.07) is 19.5. The second-order valence-electron chi connectivity index (χ2n) is 7.73. The Balaban J connectivity index is 1.43. The van der Waals surface area contributed by atoms with Crippen LogP contribution in [0.3, 0.4) is 0 Å². The fraction of sp³-hybridized carbons (Fsp3) is 0.435. The minimum absolute atomic E-state index is 0.154. The molecule has 0 aliphatic carbocycles. The third kappa shape index (κ3) is 4.23. The lowest BCUT2D eigenvalue weighted by molar-refractivity contribution is -0.0289. The average molecular weight is 364 g/mol. The molecule has 2 aromatic rings. The first-order chi connectivity index (χ1) is 13.2. The zero-order chi connectivity index (χ0) is 18.6. The normalized spacial score (nSPS) is 18.5. The van der Waals surface area contributed by atoms with Crippen LogP contribution in [0.2, 0.25) is 0 Å². The highest BCUT2D eigenvalue weighted by atomic mass is 16.5. The first-order valence-corrected chi connectivity index (χ1v) is 9.94. The molecule has 4 heteroatoms. The number of benzene rings is 2. The Bertz CT molecular complexity index is 765. The van der Waals surface area contributed by atoms with Crippen molar-refractivity contribution in [2.45, 2.75) is 38.4 Å². The van der Waals surface area contributed by atoms with Crippen LogP contribution in [0.4, 0.5) is 0 Å². The molecule has 1 amide bonds. The quantitative estimate of drug-likeness (QED) is 0.814. The van der Waals surface area contributed by atoms with Gasteiger partial charge in [-0.2, -0.15) is 0 Å². The monoisotopic (exact) mass is 364 g/mol. The number of hydrogen-bond donors (Lipinski definition) is 0. The average Bonchev–Trinajstić information content (AvgIpc) is 2.67. The van der Waals surface area contributed by atoms with Crippen LogP contribution in [-0.4, -0.2) is 54.1 Å². The van der Waals surface area contributed by atoms with E-state index in [1.54, 1.807) is 0 Å². The molecular weight excluding hydrogens is 336 g/mol. The lowest BCUT2D eigenvalue weighted by Crippen LogP contribution is -2.63. The van der Waals surface area contributed by atoms with Crippen molar-refractivity contribution >= 4 is 5.91 Å². The van der Waals surface area contributed by atoms with E-state index in [0.29, 0.717) is 12.1 Å². The van der Waals surface area contributed by atoms with Crippen LogP contribution in [0, 0.1) is 6.92 Å². The maximum Gasteiger partial charge on any atom is 0.253 e. The largest absolute Gasteiger partial charge is 0.381 e. The molecule has 4 rings (SSSR count). The molecule has 0 bridgehead atoms. The van der Waals surface area contributed by atoms with E-state index in [4.69, 9.17) is 4.74 Å². The number of amides is 1. The maximum atomic E-state index is 12.8. The van der Waals surface area contributed by atoms with Gasteiger partial charge in [0, 0.05) is 50.5 Å². The van der Waals surface area contributed by atoms with Gasteiger partial charge in [0.15, 0.2) is 0 Å². The van der Waals surface area contributed by atoms with Gasteiger partial charge in [0.2, 0.25) is 0 Å². The summed E-state index contributed by atoms with van der Waals surface area (Å²) in [5.74, 6) is 0.154. The van der Waals surface area contributed by atoms with E-state index in [1.165, 1.54) is 5.56 Å². The zero-order valence-corrected chi connectivity index (χ0v) is 16.0. The van der Waals surface area contributed by atoms with Crippen molar-refractivity contribution in [3.05, 3.63) is 71.3 Å². The fourth-order valence-corrected chi connectivity index (χ4v) is 4.16. The summed E-state index contributed by atoms with van der Waals surface area (Å²) in [7, 11) is 0. The highest BCUT2D eigenvalue weighted by molar-refractivity contribution is 5.95.